The minimum atomic E-state index is -4.42. The summed E-state index contributed by atoms with van der Waals surface area (Å²) in [5, 5.41) is 3.64. The molecule has 0 aliphatic heterocycles. The fraction of sp³-hybridized carbons (Fsp3) is 0.417. The van der Waals surface area contributed by atoms with Gasteiger partial charge in [-0.1, -0.05) is 26.8 Å². The Morgan fingerprint density at radius 1 is 1.12 bits per heavy atom. The van der Waals surface area contributed by atoms with Crippen molar-refractivity contribution in [3.63, 3.8) is 0 Å². The van der Waals surface area contributed by atoms with E-state index in [2.05, 4.69) is 5.10 Å². The predicted octanol–water partition coefficient (Wildman–Crippen LogP) is 3.65. The molecule has 2 aromatic rings. The summed E-state index contributed by atoms with van der Waals surface area (Å²) in [6, 6.07) is 5.03. The number of fused-ring (bicyclic) bond motifs is 1. The molecule has 2 nitrogen and oxygen atoms in total. The van der Waals surface area contributed by atoms with Gasteiger partial charge in [0.1, 0.15) is 0 Å². The lowest BCUT2D eigenvalue weighted by atomic mass is 9.85. The van der Waals surface area contributed by atoms with E-state index in [9.17, 15) is 13.2 Å². The van der Waals surface area contributed by atoms with E-state index in [4.69, 9.17) is 0 Å². The van der Waals surface area contributed by atoms with Crippen molar-refractivity contribution in [2.75, 3.05) is 0 Å². The third-order valence-electron chi connectivity index (χ3n) is 2.56. The first-order valence-corrected chi connectivity index (χ1v) is 5.26. The summed E-state index contributed by atoms with van der Waals surface area (Å²) in [6.07, 6.45) is -2.89. The molecule has 92 valence electrons. The Morgan fingerprint density at radius 2 is 1.76 bits per heavy atom. The summed E-state index contributed by atoms with van der Waals surface area (Å²) in [5.74, 6) is 0. The number of rotatable bonds is 0. The van der Waals surface area contributed by atoms with Gasteiger partial charge >= 0.3 is 6.18 Å². The summed E-state index contributed by atoms with van der Waals surface area (Å²) in [4.78, 5) is 0. The fourth-order valence-corrected chi connectivity index (χ4v) is 1.94. The predicted molar refractivity (Wildman–Crippen MR) is 58.9 cm³/mol. The number of halogens is 3. The van der Waals surface area contributed by atoms with Crippen LogP contribution < -0.4 is 0 Å². The molecule has 0 aliphatic rings. The second-order valence-corrected chi connectivity index (χ2v) is 5.00. The van der Waals surface area contributed by atoms with Gasteiger partial charge in [-0.3, -0.25) is 0 Å². The number of pyridine rings is 1. The van der Waals surface area contributed by atoms with Crippen LogP contribution >= 0.6 is 0 Å². The largest absolute Gasteiger partial charge is 0.435 e. The quantitative estimate of drug-likeness (QED) is 0.689. The number of hydrogen-bond donors (Lipinski definition) is 0. The highest BCUT2D eigenvalue weighted by molar-refractivity contribution is 5.60. The van der Waals surface area contributed by atoms with E-state index in [-0.39, 0.29) is 5.56 Å². The molecule has 5 heteroatoms. The van der Waals surface area contributed by atoms with Gasteiger partial charge in [0.05, 0.1) is 5.52 Å². The molecule has 0 N–H and O–H groups in total. The topological polar surface area (TPSA) is 17.3 Å². The maximum atomic E-state index is 12.9. The van der Waals surface area contributed by atoms with Gasteiger partial charge in [0.25, 0.3) is 0 Å². The van der Waals surface area contributed by atoms with Crippen LogP contribution in [0, 0.1) is 0 Å². The molecule has 2 rings (SSSR count). The van der Waals surface area contributed by atoms with Crippen molar-refractivity contribution in [3.05, 3.63) is 35.7 Å². The van der Waals surface area contributed by atoms with Crippen LogP contribution in [0.15, 0.2) is 24.4 Å². The molecule has 2 aromatic heterocycles. The lowest BCUT2D eigenvalue weighted by Crippen LogP contribution is -2.18. The summed E-state index contributed by atoms with van der Waals surface area (Å²) in [6.45, 7) is 5.27. The van der Waals surface area contributed by atoms with Crippen LogP contribution in [0.2, 0.25) is 0 Å². The Morgan fingerprint density at radius 3 is 2.29 bits per heavy atom. The highest BCUT2D eigenvalue weighted by atomic mass is 19.4. The van der Waals surface area contributed by atoms with Crippen LogP contribution in [-0.4, -0.2) is 9.61 Å². The average Bonchev–Trinajstić information content (AvgIpc) is 2.54. The van der Waals surface area contributed by atoms with Crippen molar-refractivity contribution in [2.45, 2.75) is 32.4 Å². The Kier molecular flexibility index (Phi) is 2.45. The Balaban J connectivity index is 2.84. The molecule has 0 atom stereocenters. The van der Waals surface area contributed by atoms with Crippen LogP contribution in [0.4, 0.5) is 13.2 Å². The SMILES string of the molecule is CC(C)(C)c1c(C(F)(F)F)nn2ccccc12. The van der Waals surface area contributed by atoms with Crippen LogP contribution in [-0.2, 0) is 11.6 Å². The standard InChI is InChI=1S/C12H13F3N2/c1-11(2,3)9-8-6-4-5-7-17(8)16-10(9)12(13,14)15/h4-7H,1-3H3. The molecule has 0 fully saturated rings. The van der Waals surface area contributed by atoms with Gasteiger partial charge in [-0.05, 0) is 17.5 Å². The summed E-state index contributed by atoms with van der Waals surface area (Å²) in [7, 11) is 0. The zero-order valence-electron chi connectivity index (χ0n) is 9.84. The van der Waals surface area contributed by atoms with E-state index in [0.717, 1.165) is 0 Å². The minimum absolute atomic E-state index is 0.241. The van der Waals surface area contributed by atoms with Crippen molar-refractivity contribution in [1.82, 2.24) is 9.61 Å². The summed E-state index contributed by atoms with van der Waals surface area (Å²) < 4.78 is 40.1. The molecule has 17 heavy (non-hydrogen) atoms. The average molecular weight is 242 g/mol. The molecule has 0 bridgehead atoms. The van der Waals surface area contributed by atoms with Gasteiger partial charge in [-0.25, -0.2) is 4.52 Å². The van der Waals surface area contributed by atoms with Gasteiger partial charge in [0.2, 0.25) is 0 Å². The molecule has 0 saturated heterocycles. The second kappa shape index (κ2) is 3.48. The van der Waals surface area contributed by atoms with Gasteiger partial charge in [0, 0.05) is 11.8 Å². The minimum Gasteiger partial charge on any atom is -0.240 e. The first kappa shape index (κ1) is 12.0. The number of hydrogen-bond acceptors (Lipinski definition) is 1. The molecule has 0 amide bonds. The molecule has 0 aromatic carbocycles. The number of nitrogens with zero attached hydrogens (tertiary/aromatic N) is 2. The summed E-state index contributed by atoms with van der Waals surface area (Å²) in [5.41, 5.74) is -0.650. The smallest absolute Gasteiger partial charge is 0.240 e. The van der Waals surface area contributed by atoms with E-state index in [1.54, 1.807) is 39.0 Å². The third-order valence-corrected chi connectivity index (χ3v) is 2.56. The van der Waals surface area contributed by atoms with E-state index in [0.29, 0.717) is 5.52 Å². The Bertz CT molecular complexity index is 547. The molecule has 0 radical (unpaired) electrons. The lowest BCUT2D eigenvalue weighted by Gasteiger charge is -2.20. The van der Waals surface area contributed by atoms with Gasteiger partial charge in [-0.15, -0.1) is 0 Å². The van der Waals surface area contributed by atoms with E-state index < -0.39 is 17.3 Å². The van der Waals surface area contributed by atoms with E-state index >= 15 is 0 Å². The van der Waals surface area contributed by atoms with Crippen LogP contribution in [0.3, 0.4) is 0 Å². The molecule has 0 spiro atoms. The maximum Gasteiger partial charge on any atom is 0.435 e. The van der Waals surface area contributed by atoms with Gasteiger partial charge < -0.3 is 0 Å². The van der Waals surface area contributed by atoms with Crippen molar-refractivity contribution in [2.24, 2.45) is 0 Å². The highest BCUT2D eigenvalue weighted by Crippen LogP contribution is 2.38. The van der Waals surface area contributed by atoms with Crippen LogP contribution in [0.5, 0.6) is 0 Å². The molecular weight excluding hydrogens is 229 g/mol. The second-order valence-electron chi connectivity index (χ2n) is 5.00. The first-order chi connectivity index (χ1) is 7.71. The molecule has 0 unspecified atom stereocenters. The normalized spacial score (nSPS) is 13.3. The monoisotopic (exact) mass is 242 g/mol. The molecule has 0 saturated carbocycles. The fourth-order valence-electron chi connectivity index (χ4n) is 1.94. The Labute approximate surface area is 97.1 Å². The van der Waals surface area contributed by atoms with Gasteiger partial charge in [-0.2, -0.15) is 18.3 Å². The number of aromatic nitrogens is 2. The zero-order valence-corrected chi connectivity index (χ0v) is 9.84. The zero-order chi connectivity index (χ0) is 12.8. The van der Waals surface area contributed by atoms with E-state index in [1.807, 2.05) is 0 Å². The molecule has 0 aliphatic carbocycles. The number of alkyl halides is 3. The highest BCUT2D eigenvalue weighted by Gasteiger charge is 2.41. The first-order valence-electron chi connectivity index (χ1n) is 5.26. The summed E-state index contributed by atoms with van der Waals surface area (Å²) >= 11 is 0. The van der Waals surface area contributed by atoms with Crippen molar-refractivity contribution < 1.29 is 13.2 Å². The Hall–Kier alpha value is -1.52. The van der Waals surface area contributed by atoms with Gasteiger partial charge in [0.15, 0.2) is 5.69 Å². The van der Waals surface area contributed by atoms with Crippen LogP contribution in [0.25, 0.3) is 5.52 Å². The van der Waals surface area contributed by atoms with E-state index in [1.165, 1.54) is 10.7 Å². The third kappa shape index (κ3) is 2.01. The molecule has 2 heterocycles. The van der Waals surface area contributed by atoms with Crippen LogP contribution in [0.1, 0.15) is 32.0 Å². The lowest BCUT2D eigenvalue weighted by molar-refractivity contribution is -0.142. The molecular formula is C12H13F3N2. The van der Waals surface area contributed by atoms with Crippen molar-refractivity contribution in [1.29, 1.82) is 0 Å². The van der Waals surface area contributed by atoms with Crippen molar-refractivity contribution in [3.8, 4) is 0 Å². The maximum absolute atomic E-state index is 12.9. The van der Waals surface area contributed by atoms with Crippen molar-refractivity contribution >= 4 is 5.52 Å².